The van der Waals surface area contributed by atoms with Crippen molar-refractivity contribution in [3.8, 4) is 5.75 Å². The molecular weight excluding hydrogens is 266 g/mol. The third-order valence-corrected chi connectivity index (χ3v) is 3.12. The van der Waals surface area contributed by atoms with Gasteiger partial charge in [0.1, 0.15) is 5.75 Å². The molecule has 0 radical (unpaired) electrons. The molecule has 1 heterocycles. The second-order valence-electron chi connectivity index (χ2n) is 5.08. The average molecular weight is 293 g/mol. The summed E-state index contributed by atoms with van der Waals surface area (Å²) in [4.78, 5) is 16.4. The average Bonchev–Trinajstić information content (AvgIpc) is 2.47. The van der Waals surface area contributed by atoms with Gasteiger partial charge in [0.15, 0.2) is 6.10 Å². The van der Waals surface area contributed by atoms with Crippen LogP contribution < -0.4 is 15.4 Å². The van der Waals surface area contributed by atoms with E-state index in [1.807, 2.05) is 26.0 Å². The molecule has 0 aliphatic heterocycles. The van der Waals surface area contributed by atoms with E-state index in [0.29, 0.717) is 18.8 Å². The first-order valence-electron chi connectivity index (χ1n) is 7.70. The summed E-state index contributed by atoms with van der Waals surface area (Å²) in [5.41, 5.74) is 1.78. The first-order chi connectivity index (χ1) is 10.1. The number of unbranched alkanes of at least 4 members (excludes halogenated alkanes) is 1. The van der Waals surface area contributed by atoms with Crippen LogP contribution in [0.15, 0.2) is 12.1 Å². The fraction of sp³-hybridized carbons (Fsp3) is 0.625. The molecule has 0 saturated heterocycles. The second kappa shape index (κ2) is 9.34. The van der Waals surface area contributed by atoms with Crippen molar-refractivity contribution in [1.29, 1.82) is 0 Å². The summed E-state index contributed by atoms with van der Waals surface area (Å²) >= 11 is 0. The molecular formula is C16H27N3O2. The van der Waals surface area contributed by atoms with Gasteiger partial charge in [-0.25, -0.2) is 0 Å². The van der Waals surface area contributed by atoms with Crippen molar-refractivity contribution in [2.24, 2.45) is 0 Å². The molecule has 1 unspecified atom stereocenters. The Morgan fingerprint density at radius 2 is 2.14 bits per heavy atom. The summed E-state index contributed by atoms with van der Waals surface area (Å²) in [6.07, 6.45) is 1.52. The Morgan fingerprint density at radius 3 is 2.81 bits per heavy atom. The van der Waals surface area contributed by atoms with Crippen LogP contribution in [0.5, 0.6) is 5.75 Å². The lowest BCUT2D eigenvalue weighted by atomic mass is 10.2. The van der Waals surface area contributed by atoms with Gasteiger partial charge >= 0.3 is 0 Å². The quantitative estimate of drug-likeness (QED) is 0.685. The monoisotopic (exact) mass is 293 g/mol. The minimum atomic E-state index is -0.522. The van der Waals surface area contributed by atoms with E-state index in [1.165, 1.54) is 0 Å². The van der Waals surface area contributed by atoms with Crippen LogP contribution in [0.3, 0.4) is 0 Å². The smallest absolute Gasteiger partial charge is 0.260 e. The van der Waals surface area contributed by atoms with Crippen molar-refractivity contribution >= 4 is 5.91 Å². The molecule has 1 amide bonds. The molecule has 0 aromatic carbocycles. The Hall–Kier alpha value is -1.62. The van der Waals surface area contributed by atoms with Crippen molar-refractivity contribution in [2.45, 2.75) is 53.2 Å². The van der Waals surface area contributed by atoms with Gasteiger partial charge in [-0.3, -0.25) is 9.78 Å². The summed E-state index contributed by atoms with van der Waals surface area (Å²) in [6, 6.07) is 3.78. The molecule has 0 aliphatic carbocycles. The molecule has 5 nitrogen and oxygen atoms in total. The standard InChI is InChI=1S/C16H27N3O2/c1-5-7-10-18-16(20)13(4)21-15-9-8-12(3)19-14(15)11-17-6-2/h8-9,13,17H,5-7,10-11H2,1-4H3,(H,18,20). The van der Waals surface area contributed by atoms with E-state index in [1.54, 1.807) is 6.92 Å². The highest BCUT2D eigenvalue weighted by Crippen LogP contribution is 2.18. The molecule has 0 spiro atoms. The van der Waals surface area contributed by atoms with Crippen LogP contribution in [0.4, 0.5) is 0 Å². The van der Waals surface area contributed by atoms with Crippen LogP contribution in [0.1, 0.15) is 45.0 Å². The number of aromatic nitrogens is 1. The lowest BCUT2D eigenvalue weighted by molar-refractivity contribution is -0.127. The Labute approximate surface area is 127 Å². The van der Waals surface area contributed by atoms with Gasteiger partial charge in [0, 0.05) is 18.8 Å². The topological polar surface area (TPSA) is 63.2 Å². The maximum absolute atomic E-state index is 11.9. The van der Waals surface area contributed by atoms with Gasteiger partial charge in [-0.15, -0.1) is 0 Å². The fourth-order valence-electron chi connectivity index (χ4n) is 1.85. The summed E-state index contributed by atoms with van der Waals surface area (Å²) in [5.74, 6) is 0.582. The van der Waals surface area contributed by atoms with E-state index >= 15 is 0 Å². The number of pyridine rings is 1. The third kappa shape index (κ3) is 6.12. The van der Waals surface area contributed by atoms with Crippen LogP contribution >= 0.6 is 0 Å². The van der Waals surface area contributed by atoms with Gasteiger partial charge in [-0.05, 0) is 38.9 Å². The molecule has 5 heteroatoms. The Kier molecular flexibility index (Phi) is 7.75. The van der Waals surface area contributed by atoms with E-state index in [4.69, 9.17) is 4.74 Å². The SMILES string of the molecule is CCCCNC(=O)C(C)Oc1ccc(C)nc1CNCC. The second-order valence-corrected chi connectivity index (χ2v) is 5.08. The lowest BCUT2D eigenvalue weighted by Gasteiger charge is -2.17. The molecule has 0 fully saturated rings. The number of nitrogens with one attached hydrogen (secondary N) is 2. The van der Waals surface area contributed by atoms with Crippen molar-refractivity contribution in [3.05, 3.63) is 23.5 Å². The van der Waals surface area contributed by atoms with E-state index in [2.05, 4.69) is 22.5 Å². The predicted molar refractivity (Wildman–Crippen MR) is 84.4 cm³/mol. The van der Waals surface area contributed by atoms with Crippen LogP contribution in [0.2, 0.25) is 0 Å². The zero-order valence-electron chi connectivity index (χ0n) is 13.5. The molecule has 1 atom stereocenters. The molecule has 1 aromatic heterocycles. The summed E-state index contributed by atoms with van der Waals surface area (Å²) < 4.78 is 5.78. The Morgan fingerprint density at radius 1 is 1.38 bits per heavy atom. The van der Waals surface area contributed by atoms with Gasteiger partial charge in [0.2, 0.25) is 0 Å². The van der Waals surface area contributed by atoms with Crippen LogP contribution in [-0.2, 0) is 11.3 Å². The van der Waals surface area contributed by atoms with Crippen molar-refractivity contribution in [2.75, 3.05) is 13.1 Å². The maximum Gasteiger partial charge on any atom is 0.260 e. The highest BCUT2D eigenvalue weighted by molar-refractivity contribution is 5.80. The summed E-state index contributed by atoms with van der Waals surface area (Å²) in [7, 11) is 0. The number of ether oxygens (including phenoxy) is 1. The predicted octanol–water partition coefficient (Wildman–Crippen LogP) is 2.18. The molecule has 1 rings (SSSR count). The first-order valence-corrected chi connectivity index (χ1v) is 7.70. The first kappa shape index (κ1) is 17.4. The highest BCUT2D eigenvalue weighted by atomic mass is 16.5. The largest absolute Gasteiger partial charge is 0.479 e. The molecule has 0 bridgehead atoms. The van der Waals surface area contributed by atoms with Crippen molar-refractivity contribution < 1.29 is 9.53 Å². The fourth-order valence-corrected chi connectivity index (χ4v) is 1.85. The van der Waals surface area contributed by atoms with Gasteiger partial charge in [-0.2, -0.15) is 0 Å². The normalized spacial score (nSPS) is 12.0. The van der Waals surface area contributed by atoms with Crippen LogP contribution in [-0.4, -0.2) is 30.1 Å². The third-order valence-electron chi connectivity index (χ3n) is 3.12. The van der Waals surface area contributed by atoms with E-state index < -0.39 is 6.10 Å². The molecule has 0 saturated carbocycles. The molecule has 118 valence electrons. The van der Waals surface area contributed by atoms with Crippen molar-refractivity contribution in [3.63, 3.8) is 0 Å². The molecule has 2 N–H and O–H groups in total. The minimum absolute atomic E-state index is 0.0848. The van der Waals surface area contributed by atoms with Gasteiger partial charge in [-0.1, -0.05) is 20.3 Å². The number of carbonyl (C=O) groups is 1. The number of hydrogen-bond acceptors (Lipinski definition) is 4. The maximum atomic E-state index is 11.9. The van der Waals surface area contributed by atoms with Gasteiger partial charge < -0.3 is 15.4 Å². The zero-order chi connectivity index (χ0) is 15.7. The zero-order valence-corrected chi connectivity index (χ0v) is 13.5. The van der Waals surface area contributed by atoms with Gasteiger partial charge in [0.05, 0.1) is 5.69 Å². The summed E-state index contributed by atoms with van der Waals surface area (Å²) in [5, 5.41) is 6.11. The number of nitrogens with zero attached hydrogens (tertiary/aromatic N) is 1. The molecule has 21 heavy (non-hydrogen) atoms. The van der Waals surface area contributed by atoms with E-state index in [0.717, 1.165) is 30.8 Å². The number of aryl methyl sites for hydroxylation is 1. The molecule has 1 aromatic rings. The number of amides is 1. The van der Waals surface area contributed by atoms with E-state index in [-0.39, 0.29) is 5.91 Å². The lowest BCUT2D eigenvalue weighted by Crippen LogP contribution is -2.37. The van der Waals surface area contributed by atoms with Crippen LogP contribution in [0, 0.1) is 6.92 Å². The minimum Gasteiger partial charge on any atom is -0.479 e. The Balaban J connectivity index is 2.65. The molecule has 0 aliphatic rings. The number of rotatable bonds is 9. The highest BCUT2D eigenvalue weighted by Gasteiger charge is 2.16. The Bertz CT molecular complexity index is 449. The van der Waals surface area contributed by atoms with E-state index in [9.17, 15) is 4.79 Å². The van der Waals surface area contributed by atoms with Gasteiger partial charge in [0.25, 0.3) is 5.91 Å². The number of carbonyl (C=O) groups excluding carboxylic acids is 1. The summed E-state index contributed by atoms with van der Waals surface area (Å²) in [6.45, 7) is 10.0. The number of hydrogen-bond donors (Lipinski definition) is 2. The van der Waals surface area contributed by atoms with Crippen molar-refractivity contribution in [1.82, 2.24) is 15.6 Å². The van der Waals surface area contributed by atoms with Crippen LogP contribution in [0.25, 0.3) is 0 Å².